The van der Waals surface area contributed by atoms with Crippen LogP contribution >= 0.6 is 22.6 Å². The Hall–Kier alpha value is -0.0900. The molecule has 0 unspecified atom stereocenters. The SMILES string of the molecule is CCN(Cc1ccc(I)cc1)C1CCCC1. The van der Waals surface area contributed by atoms with Gasteiger partial charge in [0.05, 0.1) is 0 Å². The summed E-state index contributed by atoms with van der Waals surface area (Å²) in [6, 6.07) is 9.78. The molecular formula is C14H20IN. The zero-order valence-corrected chi connectivity index (χ0v) is 12.1. The number of hydrogen-bond acceptors (Lipinski definition) is 1. The lowest BCUT2D eigenvalue weighted by Crippen LogP contribution is -2.32. The lowest BCUT2D eigenvalue weighted by molar-refractivity contribution is 0.200. The van der Waals surface area contributed by atoms with Crippen LogP contribution in [0.1, 0.15) is 38.2 Å². The van der Waals surface area contributed by atoms with Crippen molar-refractivity contribution in [1.82, 2.24) is 4.90 Å². The molecule has 0 aliphatic heterocycles. The standard InChI is InChI=1S/C14H20IN/c1-2-16(14-5-3-4-6-14)11-12-7-9-13(15)10-8-12/h7-10,14H,2-6,11H2,1H3. The Bertz CT molecular complexity index is 314. The third-order valence-corrected chi connectivity index (χ3v) is 4.27. The highest BCUT2D eigenvalue weighted by atomic mass is 127. The lowest BCUT2D eigenvalue weighted by atomic mass is 10.1. The summed E-state index contributed by atoms with van der Waals surface area (Å²) < 4.78 is 1.32. The van der Waals surface area contributed by atoms with Crippen LogP contribution < -0.4 is 0 Å². The van der Waals surface area contributed by atoms with Gasteiger partial charge in [-0.2, -0.15) is 0 Å². The molecule has 1 aromatic rings. The van der Waals surface area contributed by atoms with Crippen LogP contribution in [0, 0.1) is 3.57 Å². The van der Waals surface area contributed by atoms with E-state index in [2.05, 4.69) is 58.7 Å². The van der Waals surface area contributed by atoms with Gasteiger partial charge in [-0.05, 0) is 59.7 Å². The van der Waals surface area contributed by atoms with Gasteiger partial charge in [0, 0.05) is 16.2 Å². The lowest BCUT2D eigenvalue weighted by Gasteiger charge is -2.27. The molecule has 2 rings (SSSR count). The minimum absolute atomic E-state index is 0.837. The third kappa shape index (κ3) is 3.20. The average molecular weight is 329 g/mol. The number of halogens is 1. The molecule has 0 aromatic heterocycles. The second-order valence-electron chi connectivity index (χ2n) is 4.63. The molecule has 1 aliphatic rings. The first-order chi connectivity index (χ1) is 7.79. The van der Waals surface area contributed by atoms with Crippen molar-refractivity contribution in [3.63, 3.8) is 0 Å². The zero-order valence-electron chi connectivity index (χ0n) is 9.95. The fourth-order valence-corrected chi connectivity index (χ4v) is 2.95. The summed E-state index contributed by atoms with van der Waals surface area (Å²) in [7, 11) is 0. The van der Waals surface area contributed by atoms with E-state index in [1.807, 2.05) is 0 Å². The molecule has 1 saturated carbocycles. The van der Waals surface area contributed by atoms with E-state index in [0.29, 0.717) is 0 Å². The molecule has 1 aromatic carbocycles. The van der Waals surface area contributed by atoms with Gasteiger partial charge in [-0.3, -0.25) is 4.90 Å². The molecule has 0 atom stereocenters. The van der Waals surface area contributed by atoms with Crippen molar-refractivity contribution in [2.45, 2.75) is 45.2 Å². The summed E-state index contributed by atoms with van der Waals surface area (Å²) >= 11 is 2.36. The summed E-state index contributed by atoms with van der Waals surface area (Å²) in [4.78, 5) is 2.63. The summed E-state index contributed by atoms with van der Waals surface area (Å²) in [6.07, 6.45) is 5.65. The molecule has 1 nitrogen and oxygen atoms in total. The number of rotatable bonds is 4. The van der Waals surface area contributed by atoms with Crippen molar-refractivity contribution < 1.29 is 0 Å². The van der Waals surface area contributed by atoms with Crippen LogP contribution in [0.3, 0.4) is 0 Å². The van der Waals surface area contributed by atoms with Crippen LogP contribution in [0.25, 0.3) is 0 Å². The zero-order chi connectivity index (χ0) is 11.4. The van der Waals surface area contributed by atoms with Gasteiger partial charge in [-0.25, -0.2) is 0 Å². The van der Waals surface area contributed by atoms with Gasteiger partial charge >= 0.3 is 0 Å². The predicted molar refractivity (Wildman–Crippen MR) is 77.5 cm³/mol. The summed E-state index contributed by atoms with van der Waals surface area (Å²) in [5.74, 6) is 0. The van der Waals surface area contributed by atoms with Gasteiger partial charge in [-0.1, -0.05) is 31.9 Å². The average Bonchev–Trinajstić information content (AvgIpc) is 2.82. The van der Waals surface area contributed by atoms with Gasteiger partial charge in [0.15, 0.2) is 0 Å². The van der Waals surface area contributed by atoms with E-state index in [1.54, 1.807) is 0 Å². The molecule has 1 fully saturated rings. The molecule has 0 saturated heterocycles. The number of nitrogens with zero attached hydrogens (tertiary/aromatic N) is 1. The van der Waals surface area contributed by atoms with Gasteiger partial charge in [0.1, 0.15) is 0 Å². The minimum Gasteiger partial charge on any atom is -0.296 e. The van der Waals surface area contributed by atoms with Gasteiger partial charge in [0.25, 0.3) is 0 Å². The Morgan fingerprint density at radius 1 is 1.19 bits per heavy atom. The molecule has 1 aliphatic carbocycles. The smallest absolute Gasteiger partial charge is 0.0236 e. The Labute approximate surface area is 112 Å². The highest BCUT2D eigenvalue weighted by molar-refractivity contribution is 14.1. The Kier molecular flexibility index (Phi) is 4.65. The minimum atomic E-state index is 0.837. The van der Waals surface area contributed by atoms with E-state index in [-0.39, 0.29) is 0 Å². The molecule has 0 N–H and O–H groups in total. The van der Waals surface area contributed by atoms with Crippen LogP contribution in [0.4, 0.5) is 0 Å². The molecule has 16 heavy (non-hydrogen) atoms. The molecule has 0 amide bonds. The van der Waals surface area contributed by atoms with E-state index in [0.717, 1.165) is 12.6 Å². The van der Waals surface area contributed by atoms with Crippen LogP contribution in [-0.2, 0) is 6.54 Å². The van der Waals surface area contributed by atoms with Crippen LogP contribution in [0.15, 0.2) is 24.3 Å². The summed E-state index contributed by atoms with van der Waals surface area (Å²) in [5.41, 5.74) is 1.45. The fourth-order valence-electron chi connectivity index (χ4n) is 2.59. The highest BCUT2D eigenvalue weighted by Crippen LogP contribution is 2.24. The highest BCUT2D eigenvalue weighted by Gasteiger charge is 2.20. The van der Waals surface area contributed by atoms with Gasteiger partial charge in [-0.15, -0.1) is 0 Å². The Balaban J connectivity index is 1.97. The normalized spacial score (nSPS) is 17.2. The predicted octanol–water partition coefficient (Wildman–Crippen LogP) is 4.06. The van der Waals surface area contributed by atoms with Crippen molar-refractivity contribution in [1.29, 1.82) is 0 Å². The molecule has 0 spiro atoms. The topological polar surface area (TPSA) is 3.24 Å². The van der Waals surface area contributed by atoms with Gasteiger partial charge in [0.2, 0.25) is 0 Å². The second-order valence-corrected chi connectivity index (χ2v) is 5.87. The second kappa shape index (κ2) is 6.01. The monoisotopic (exact) mass is 329 g/mol. The quantitative estimate of drug-likeness (QED) is 0.753. The van der Waals surface area contributed by atoms with Crippen LogP contribution in [0.2, 0.25) is 0 Å². The van der Waals surface area contributed by atoms with E-state index in [1.165, 1.54) is 41.4 Å². The van der Waals surface area contributed by atoms with Crippen molar-refractivity contribution in [2.75, 3.05) is 6.54 Å². The maximum atomic E-state index is 2.63. The first-order valence-corrected chi connectivity index (χ1v) is 7.36. The molecule has 88 valence electrons. The van der Waals surface area contributed by atoms with Crippen molar-refractivity contribution >= 4 is 22.6 Å². The largest absolute Gasteiger partial charge is 0.296 e. The number of hydrogen-bond donors (Lipinski definition) is 0. The van der Waals surface area contributed by atoms with Crippen molar-refractivity contribution in [3.05, 3.63) is 33.4 Å². The van der Waals surface area contributed by atoms with Crippen molar-refractivity contribution in [2.24, 2.45) is 0 Å². The first-order valence-electron chi connectivity index (χ1n) is 6.28. The fraction of sp³-hybridized carbons (Fsp3) is 0.571. The maximum Gasteiger partial charge on any atom is 0.0236 e. The van der Waals surface area contributed by atoms with E-state index in [9.17, 15) is 0 Å². The van der Waals surface area contributed by atoms with Crippen LogP contribution in [0.5, 0.6) is 0 Å². The van der Waals surface area contributed by atoms with E-state index >= 15 is 0 Å². The molecule has 0 heterocycles. The molecular weight excluding hydrogens is 309 g/mol. The van der Waals surface area contributed by atoms with Gasteiger partial charge < -0.3 is 0 Å². The first kappa shape index (κ1) is 12.4. The maximum absolute atomic E-state index is 2.63. The molecule has 2 heteroatoms. The van der Waals surface area contributed by atoms with Crippen LogP contribution in [-0.4, -0.2) is 17.5 Å². The molecule has 0 radical (unpaired) electrons. The Morgan fingerprint density at radius 2 is 1.81 bits per heavy atom. The Morgan fingerprint density at radius 3 is 2.38 bits per heavy atom. The summed E-state index contributed by atoms with van der Waals surface area (Å²) in [5, 5.41) is 0. The van der Waals surface area contributed by atoms with Crippen molar-refractivity contribution in [3.8, 4) is 0 Å². The third-order valence-electron chi connectivity index (χ3n) is 3.55. The molecule has 0 bridgehead atoms. The summed E-state index contributed by atoms with van der Waals surface area (Å²) in [6.45, 7) is 4.58. The van der Waals surface area contributed by atoms with E-state index in [4.69, 9.17) is 0 Å². The van der Waals surface area contributed by atoms with E-state index < -0.39 is 0 Å². The number of benzene rings is 1.